The van der Waals surface area contributed by atoms with Crippen LogP contribution in [0.25, 0.3) is 10.9 Å². The lowest BCUT2D eigenvalue weighted by Crippen LogP contribution is -2.38. The van der Waals surface area contributed by atoms with Gasteiger partial charge in [0.05, 0.1) is 23.0 Å². The van der Waals surface area contributed by atoms with Crippen molar-refractivity contribution in [2.24, 2.45) is 5.92 Å². The molecule has 3 aromatic rings. The number of H-pyrrole nitrogens is 1. The van der Waals surface area contributed by atoms with Gasteiger partial charge in [-0.3, -0.25) is 14.8 Å². The molecule has 1 fully saturated rings. The molecule has 0 bridgehead atoms. The molecule has 7 nitrogen and oxygen atoms in total. The Kier molecular flexibility index (Phi) is 7.02. The molecule has 5 rings (SSSR count). The van der Waals surface area contributed by atoms with Gasteiger partial charge in [-0.05, 0) is 57.1 Å². The van der Waals surface area contributed by atoms with Crippen LogP contribution >= 0.6 is 11.3 Å². The molecule has 1 saturated carbocycles. The minimum atomic E-state index is -2.85. The van der Waals surface area contributed by atoms with Crippen molar-refractivity contribution in [3.63, 3.8) is 0 Å². The average Bonchev–Trinajstić information content (AvgIpc) is 3.48. The van der Waals surface area contributed by atoms with Crippen molar-refractivity contribution in [1.29, 1.82) is 0 Å². The number of carbonyl (C=O) groups excluding carboxylic acids is 1. The molecule has 10 heteroatoms. The van der Waals surface area contributed by atoms with E-state index in [1.807, 2.05) is 18.2 Å². The van der Waals surface area contributed by atoms with E-state index < -0.39 is 12.5 Å². The third kappa shape index (κ3) is 5.98. The fourth-order valence-electron chi connectivity index (χ4n) is 5.05. The van der Waals surface area contributed by atoms with E-state index in [1.165, 1.54) is 11.3 Å². The van der Waals surface area contributed by atoms with Crippen LogP contribution in [0.15, 0.2) is 24.4 Å². The second-order valence-electron chi connectivity index (χ2n) is 9.85. The lowest BCUT2D eigenvalue weighted by molar-refractivity contribution is -0.0230. The molecule has 188 valence electrons. The quantitative estimate of drug-likeness (QED) is 0.462. The monoisotopic (exact) mass is 503 g/mol. The number of alkyl halides is 2. The molecule has 1 aliphatic carbocycles. The summed E-state index contributed by atoms with van der Waals surface area (Å²) in [7, 11) is 0. The summed E-state index contributed by atoms with van der Waals surface area (Å²) in [5.41, 5.74) is 2.39. The normalized spacial score (nSPS) is 21.1. The van der Waals surface area contributed by atoms with Crippen LogP contribution in [0.4, 0.5) is 8.78 Å². The number of amides is 1. The number of para-hydroxylation sites is 1. The number of ether oxygens (including phenoxy) is 1. The van der Waals surface area contributed by atoms with Crippen molar-refractivity contribution in [2.45, 2.75) is 64.0 Å². The van der Waals surface area contributed by atoms with Crippen LogP contribution < -0.4 is 10.1 Å². The number of fused-ring (bicyclic) bond motifs is 2. The molecular weight excluding hydrogens is 472 g/mol. The maximum Gasteiger partial charge on any atom is 0.278 e. The summed E-state index contributed by atoms with van der Waals surface area (Å²) in [6.07, 6.45) is 7.95. The van der Waals surface area contributed by atoms with E-state index in [9.17, 15) is 13.6 Å². The topological polar surface area (TPSA) is 83.1 Å². The second-order valence-corrected chi connectivity index (χ2v) is 10.9. The number of aromatic nitrogens is 3. The van der Waals surface area contributed by atoms with Gasteiger partial charge in [0, 0.05) is 36.3 Å². The number of nitrogens with zero attached hydrogens (tertiary/aromatic N) is 3. The Morgan fingerprint density at radius 3 is 2.94 bits per heavy atom. The third-order valence-corrected chi connectivity index (χ3v) is 8.06. The van der Waals surface area contributed by atoms with E-state index in [2.05, 4.69) is 25.4 Å². The predicted octanol–water partition coefficient (Wildman–Crippen LogP) is 4.79. The Morgan fingerprint density at radius 1 is 1.31 bits per heavy atom. The minimum absolute atomic E-state index is 0.0401. The van der Waals surface area contributed by atoms with Crippen LogP contribution in [0.1, 0.15) is 60.0 Å². The van der Waals surface area contributed by atoms with Gasteiger partial charge in [-0.2, -0.15) is 5.10 Å². The van der Waals surface area contributed by atoms with Crippen LogP contribution in [-0.2, 0) is 13.0 Å². The predicted molar refractivity (Wildman–Crippen MR) is 131 cm³/mol. The average molecular weight is 504 g/mol. The number of halogens is 2. The summed E-state index contributed by atoms with van der Waals surface area (Å²) in [4.78, 5) is 20.8. The number of nitrogens with one attached hydrogen (secondary N) is 2. The van der Waals surface area contributed by atoms with Crippen LogP contribution in [0, 0.1) is 5.92 Å². The smallest absolute Gasteiger partial charge is 0.278 e. The highest BCUT2D eigenvalue weighted by Gasteiger charge is 2.27. The summed E-state index contributed by atoms with van der Waals surface area (Å²) in [5.74, 6) is -2.24. The van der Waals surface area contributed by atoms with Gasteiger partial charge in [-0.25, -0.2) is 13.8 Å². The molecule has 35 heavy (non-hydrogen) atoms. The Hall–Kier alpha value is -2.59. The number of hydrogen-bond donors (Lipinski definition) is 2. The fourth-order valence-corrected chi connectivity index (χ4v) is 5.96. The zero-order valence-electron chi connectivity index (χ0n) is 19.9. The molecule has 0 spiro atoms. The Labute approximate surface area is 207 Å². The molecule has 0 saturated heterocycles. The first-order valence-corrected chi connectivity index (χ1v) is 13.1. The number of thiazole rings is 1. The van der Waals surface area contributed by atoms with Gasteiger partial charge in [-0.15, -0.1) is 0 Å². The van der Waals surface area contributed by atoms with Crippen LogP contribution in [-0.4, -0.2) is 57.6 Å². The highest BCUT2D eigenvalue weighted by atomic mass is 32.1. The zero-order chi connectivity index (χ0) is 24.4. The highest BCUT2D eigenvalue weighted by molar-refractivity contribution is 7.13. The SMILES string of the molecule is CC(F)(F)COc1nc2c(s1)CCN(CC[C@H]1CC[C@H](NC(=O)c3cccc4cn[nH]c34)CC1)C2. The second kappa shape index (κ2) is 10.2. The first-order chi connectivity index (χ1) is 16.8. The Morgan fingerprint density at radius 2 is 2.14 bits per heavy atom. The largest absolute Gasteiger partial charge is 0.464 e. The van der Waals surface area contributed by atoms with Gasteiger partial charge >= 0.3 is 0 Å². The van der Waals surface area contributed by atoms with Crippen molar-refractivity contribution in [1.82, 2.24) is 25.4 Å². The molecular formula is C25H31F2N5O2S. The summed E-state index contributed by atoms with van der Waals surface area (Å²) in [6, 6.07) is 5.87. The molecule has 2 N–H and O–H groups in total. The van der Waals surface area contributed by atoms with Crippen molar-refractivity contribution >= 4 is 28.1 Å². The fraction of sp³-hybridized carbons (Fsp3) is 0.560. The van der Waals surface area contributed by atoms with Crippen molar-refractivity contribution in [3.8, 4) is 5.19 Å². The Bertz CT molecular complexity index is 1170. The first kappa shape index (κ1) is 24.1. The maximum absolute atomic E-state index is 13.1. The third-order valence-electron chi connectivity index (χ3n) is 6.99. The van der Waals surface area contributed by atoms with Crippen LogP contribution in [0.3, 0.4) is 0 Å². The molecule has 2 aliphatic rings. The van der Waals surface area contributed by atoms with Gasteiger partial charge in [0.1, 0.15) is 0 Å². The van der Waals surface area contributed by atoms with E-state index >= 15 is 0 Å². The molecule has 0 unspecified atom stereocenters. The Balaban J connectivity index is 1.05. The highest BCUT2D eigenvalue weighted by Crippen LogP contribution is 2.32. The summed E-state index contributed by atoms with van der Waals surface area (Å²) in [5, 5.41) is 11.5. The van der Waals surface area contributed by atoms with Crippen LogP contribution in [0.2, 0.25) is 0 Å². The molecule has 1 aliphatic heterocycles. The van der Waals surface area contributed by atoms with Crippen molar-refractivity contribution < 1.29 is 18.3 Å². The molecule has 1 aromatic carbocycles. The minimum Gasteiger partial charge on any atom is -0.464 e. The van der Waals surface area contributed by atoms with E-state index in [0.717, 1.165) is 86.6 Å². The lowest BCUT2D eigenvalue weighted by Gasteiger charge is -2.32. The summed E-state index contributed by atoms with van der Waals surface area (Å²) in [6.45, 7) is 2.94. The molecule has 0 atom stereocenters. The van der Waals surface area contributed by atoms with Gasteiger partial charge in [0.25, 0.3) is 17.0 Å². The van der Waals surface area contributed by atoms with Crippen LogP contribution in [0.5, 0.6) is 5.19 Å². The lowest BCUT2D eigenvalue weighted by atomic mass is 9.84. The summed E-state index contributed by atoms with van der Waals surface area (Å²) >= 11 is 1.40. The van der Waals surface area contributed by atoms with Gasteiger partial charge < -0.3 is 10.1 Å². The molecule has 2 aromatic heterocycles. The number of rotatable bonds is 8. The summed E-state index contributed by atoms with van der Waals surface area (Å²) < 4.78 is 31.3. The van der Waals surface area contributed by atoms with E-state index in [0.29, 0.717) is 16.7 Å². The number of hydrogen-bond acceptors (Lipinski definition) is 6. The van der Waals surface area contributed by atoms with Gasteiger partial charge in [0.15, 0.2) is 6.61 Å². The van der Waals surface area contributed by atoms with E-state index in [4.69, 9.17) is 4.74 Å². The molecule has 3 heterocycles. The zero-order valence-corrected chi connectivity index (χ0v) is 20.7. The van der Waals surface area contributed by atoms with Crippen molar-refractivity contribution in [2.75, 3.05) is 19.7 Å². The van der Waals surface area contributed by atoms with E-state index in [1.54, 1.807) is 6.20 Å². The van der Waals surface area contributed by atoms with Gasteiger partial charge in [-0.1, -0.05) is 23.5 Å². The van der Waals surface area contributed by atoms with Gasteiger partial charge in [0.2, 0.25) is 0 Å². The molecule has 0 radical (unpaired) electrons. The number of benzene rings is 1. The van der Waals surface area contributed by atoms with Crippen molar-refractivity contribution in [3.05, 3.63) is 40.5 Å². The number of aromatic amines is 1. The number of carbonyl (C=O) groups is 1. The first-order valence-electron chi connectivity index (χ1n) is 12.3. The van der Waals surface area contributed by atoms with E-state index in [-0.39, 0.29) is 11.9 Å². The molecule has 1 amide bonds. The maximum atomic E-state index is 13.1. The standard InChI is InChI=1S/C25H31F2N5O2S/c1-25(26,27)15-34-24-30-20-14-32(12-10-21(20)35-24)11-9-16-5-7-18(8-6-16)29-23(33)19-4-2-3-17-13-28-31-22(17)19/h2-4,13,16,18H,5-12,14-15H2,1H3,(H,28,31)(H,29,33)/t16-,18-.